The number of nitrogens with zero attached hydrogens (tertiary/aromatic N) is 1. The van der Waals surface area contributed by atoms with Gasteiger partial charge in [-0.05, 0) is 42.4 Å². The molecule has 1 N–H and O–H groups in total. The fourth-order valence-electron chi connectivity index (χ4n) is 3.81. The normalized spacial score (nSPS) is 24.5. The van der Waals surface area contributed by atoms with Gasteiger partial charge in [0.1, 0.15) is 12.4 Å². The molecule has 1 aromatic carbocycles. The van der Waals surface area contributed by atoms with E-state index in [0.717, 1.165) is 29.7 Å². The number of methoxy groups -OCH3 is 1. The SMILES string of the molecule is COc1ccc(CN2CC3CCCC3C2)cc1C#CCO. The average Bonchev–Trinajstić information content (AvgIpc) is 3.06. The summed E-state index contributed by atoms with van der Waals surface area (Å²) < 4.78 is 5.33. The first-order chi connectivity index (χ1) is 10.3. The topological polar surface area (TPSA) is 32.7 Å². The highest BCUT2D eigenvalue weighted by Gasteiger charge is 2.35. The lowest BCUT2D eigenvalue weighted by atomic mass is 10.0. The van der Waals surface area contributed by atoms with Gasteiger partial charge in [0.05, 0.1) is 12.7 Å². The Kier molecular flexibility index (Phi) is 4.48. The van der Waals surface area contributed by atoms with Crippen LogP contribution in [0.15, 0.2) is 18.2 Å². The van der Waals surface area contributed by atoms with E-state index in [0.29, 0.717) is 0 Å². The van der Waals surface area contributed by atoms with Crippen molar-refractivity contribution in [3.63, 3.8) is 0 Å². The molecule has 1 saturated carbocycles. The molecule has 2 fully saturated rings. The van der Waals surface area contributed by atoms with E-state index >= 15 is 0 Å². The van der Waals surface area contributed by atoms with Gasteiger partial charge in [0.15, 0.2) is 0 Å². The van der Waals surface area contributed by atoms with Crippen LogP contribution in [0.25, 0.3) is 0 Å². The van der Waals surface area contributed by atoms with E-state index in [-0.39, 0.29) is 6.61 Å². The van der Waals surface area contributed by atoms with Gasteiger partial charge in [-0.1, -0.05) is 24.3 Å². The molecule has 2 aliphatic rings. The van der Waals surface area contributed by atoms with Crippen LogP contribution >= 0.6 is 0 Å². The number of aliphatic hydroxyl groups is 1. The van der Waals surface area contributed by atoms with Crippen molar-refractivity contribution in [3.05, 3.63) is 29.3 Å². The van der Waals surface area contributed by atoms with Crippen LogP contribution in [0.3, 0.4) is 0 Å². The molecule has 3 rings (SSSR count). The molecule has 21 heavy (non-hydrogen) atoms. The zero-order valence-corrected chi connectivity index (χ0v) is 12.6. The number of likely N-dealkylation sites (tertiary alicyclic amines) is 1. The Morgan fingerprint density at radius 2 is 2.05 bits per heavy atom. The minimum absolute atomic E-state index is 0.122. The third kappa shape index (κ3) is 3.23. The Labute approximate surface area is 126 Å². The van der Waals surface area contributed by atoms with Crippen molar-refractivity contribution in [1.29, 1.82) is 0 Å². The molecular weight excluding hydrogens is 262 g/mol. The Morgan fingerprint density at radius 3 is 2.71 bits per heavy atom. The van der Waals surface area contributed by atoms with Gasteiger partial charge in [-0.3, -0.25) is 4.90 Å². The Bertz CT molecular complexity index is 546. The Balaban J connectivity index is 1.71. The summed E-state index contributed by atoms with van der Waals surface area (Å²) in [5, 5.41) is 8.86. The highest BCUT2D eigenvalue weighted by molar-refractivity contribution is 5.48. The molecule has 0 spiro atoms. The van der Waals surface area contributed by atoms with Gasteiger partial charge in [-0.25, -0.2) is 0 Å². The first kappa shape index (κ1) is 14.4. The minimum Gasteiger partial charge on any atom is -0.495 e. The molecule has 3 heteroatoms. The van der Waals surface area contributed by atoms with Crippen molar-refractivity contribution in [2.45, 2.75) is 25.8 Å². The zero-order valence-electron chi connectivity index (χ0n) is 12.6. The summed E-state index contributed by atoms with van der Waals surface area (Å²) in [4.78, 5) is 2.57. The third-order valence-corrected chi connectivity index (χ3v) is 4.77. The summed E-state index contributed by atoms with van der Waals surface area (Å²) in [6.45, 7) is 3.36. The van der Waals surface area contributed by atoms with Gasteiger partial charge in [0.2, 0.25) is 0 Å². The lowest BCUT2D eigenvalue weighted by molar-refractivity contribution is 0.303. The van der Waals surface area contributed by atoms with E-state index in [1.807, 2.05) is 6.07 Å². The van der Waals surface area contributed by atoms with Crippen LogP contribution in [-0.2, 0) is 6.54 Å². The molecule has 0 aromatic heterocycles. The van der Waals surface area contributed by atoms with Gasteiger partial charge in [-0.15, -0.1) is 0 Å². The van der Waals surface area contributed by atoms with E-state index in [2.05, 4.69) is 28.9 Å². The number of fused-ring (bicyclic) bond motifs is 1. The second-order valence-electron chi connectivity index (χ2n) is 6.14. The highest BCUT2D eigenvalue weighted by Crippen LogP contribution is 2.38. The molecule has 2 unspecified atom stereocenters. The van der Waals surface area contributed by atoms with Crippen LogP contribution in [-0.4, -0.2) is 36.8 Å². The van der Waals surface area contributed by atoms with Crippen LogP contribution in [0.4, 0.5) is 0 Å². The summed E-state index contributed by atoms with van der Waals surface area (Å²) >= 11 is 0. The molecule has 0 amide bonds. The molecule has 1 aliphatic heterocycles. The molecule has 112 valence electrons. The predicted molar refractivity (Wildman–Crippen MR) is 83.1 cm³/mol. The lowest BCUT2D eigenvalue weighted by Crippen LogP contribution is -2.21. The summed E-state index contributed by atoms with van der Waals surface area (Å²) in [7, 11) is 1.65. The van der Waals surface area contributed by atoms with E-state index in [1.54, 1.807) is 7.11 Å². The van der Waals surface area contributed by atoms with Crippen molar-refractivity contribution in [1.82, 2.24) is 4.90 Å². The van der Waals surface area contributed by atoms with Gasteiger partial charge in [0, 0.05) is 19.6 Å². The van der Waals surface area contributed by atoms with Gasteiger partial charge >= 0.3 is 0 Å². The molecular formula is C18H23NO2. The molecule has 1 saturated heterocycles. The number of hydrogen-bond donors (Lipinski definition) is 1. The van der Waals surface area contributed by atoms with E-state index in [4.69, 9.17) is 9.84 Å². The fourth-order valence-corrected chi connectivity index (χ4v) is 3.81. The van der Waals surface area contributed by atoms with Crippen molar-refractivity contribution in [2.75, 3.05) is 26.8 Å². The lowest BCUT2D eigenvalue weighted by Gasteiger charge is -2.17. The maximum absolute atomic E-state index is 8.86. The summed E-state index contributed by atoms with van der Waals surface area (Å²) in [5.74, 6) is 8.31. The molecule has 1 aromatic rings. The fraction of sp³-hybridized carbons (Fsp3) is 0.556. The molecule has 3 nitrogen and oxygen atoms in total. The zero-order chi connectivity index (χ0) is 14.7. The van der Waals surface area contributed by atoms with E-state index in [1.165, 1.54) is 37.9 Å². The van der Waals surface area contributed by atoms with Crippen LogP contribution in [0.2, 0.25) is 0 Å². The van der Waals surface area contributed by atoms with Crippen LogP contribution in [0.1, 0.15) is 30.4 Å². The number of benzene rings is 1. The average molecular weight is 285 g/mol. The Hall–Kier alpha value is -1.50. The highest BCUT2D eigenvalue weighted by atomic mass is 16.5. The van der Waals surface area contributed by atoms with Gasteiger partial charge in [-0.2, -0.15) is 0 Å². The first-order valence-electron chi connectivity index (χ1n) is 7.79. The molecule has 0 radical (unpaired) electrons. The number of rotatable bonds is 3. The predicted octanol–water partition coefficient (Wildman–Crippen LogP) is 2.27. The summed E-state index contributed by atoms with van der Waals surface area (Å²) in [6, 6.07) is 6.19. The van der Waals surface area contributed by atoms with E-state index < -0.39 is 0 Å². The number of hydrogen-bond acceptors (Lipinski definition) is 3. The monoisotopic (exact) mass is 285 g/mol. The second kappa shape index (κ2) is 6.51. The van der Waals surface area contributed by atoms with Crippen molar-refractivity contribution < 1.29 is 9.84 Å². The largest absolute Gasteiger partial charge is 0.495 e. The van der Waals surface area contributed by atoms with Gasteiger partial charge in [0.25, 0.3) is 0 Å². The molecule has 0 bridgehead atoms. The van der Waals surface area contributed by atoms with Crippen LogP contribution in [0, 0.1) is 23.7 Å². The minimum atomic E-state index is -0.122. The second-order valence-corrected chi connectivity index (χ2v) is 6.14. The van der Waals surface area contributed by atoms with Gasteiger partial charge < -0.3 is 9.84 Å². The van der Waals surface area contributed by atoms with Crippen molar-refractivity contribution in [3.8, 4) is 17.6 Å². The third-order valence-electron chi connectivity index (χ3n) is 4.77. The first-order valence-corrected chi connectivity index (χ1v) is 7.79. The maximum atomic E-state index is 8.86. The van der Waals surface area contributed by atoms with Crippen LogP contribution in [0.5, 0.6) is 5.75 Å². The number of aliphatic hydroxyl groups excluding tert-OH is 1. The maximum Gasteiger partial charge on any atom is 0.134 e. The Morgan fingerprint density at radius 1 is 1.29 bits per heavy atom. The van der Waals surface area contributed by atoms with Crippen molar-refractivity contribution in [2.24, 2.45) is 11.8 Å². The molecule has 1 heterocycles. The summed E-state index contributed by atoms with van der Waals surface area (Å²) in [6.07, 6.45) is 4.25. The van der Waals surface area contributed by atoms with Crippen LogP contribution < -0.4 is 4.74 Å². The standard InChI is InChI=1S/C18H23NO2/c1-21-18-8-7-14(10-15(18)6-3-9-20)11-19-12-16-4-2-5-17(16)13-19/h7-8,10,16-17,20H,2,4-5,9,11-13H2,1H3. The van der Waals surface area contributed by atoms with E-state index in [9.17, 15) is 0 Å². The van der Waals surface area contributed by atoms with Crippen molar-refractivity contribution >= 4 is 0 Å². The summed E-state index contributed by atoms with van der Waals surface area (Å²) in [5.41, 5.74) is 2.14. The quantitative estimate of drug-likeness (QED) is 0.865. The number of ether oxygens (including phenoxy) is 1. The molecule has 1 aliphatic carbocycles. The smallest absolute Gasteiger partial charge is 0.134 e. The molecule has 2 atom stereocenters.